The van der Waals surface area contributed by atoms with Gasteiger partial charge >= 0.3 is 0 Å². The quantitative estimate of drug-likeness (QED) is 0.468. The molecule has 0 radical (unpaired) electrons. The van der Waals surface area contributed by atoms with Gasteiger partial charge in [0.25, 0.3) is 5.56 Å². The zero-order valence-electron chi connectivity index (χ0n) is 5.02. The summed E-state index contributed by atoms with van der Waals surface area (Å²) in [5.74, 6) is 0. The molecule has 0 atom stereocenters. The van der Waals surface area contributed by atoms with Crippen LogP contribution in [0.5, 0.6) is 0 Å². The van der Waals surface area contributed by atoms with Gasteiger partial charge in [-0.3, -0.25) is 9.59 Å². The van der Waals surface area contributed by atoms with Crippen LogP contribution in [0.25, 0.3) is 0 Å². The van der Waals surface area contributed by atoms with Gasteiger partial charge in [-0.1, -0.05) is 0 Å². The molecular formula is C6H4N2O2. The number of hydrogen-bond donors (Lipinski definition) is 0. The number of aromatic nitrogens is 2. The van der Waals surface area contributed by atoms with Crippen LogP contribution in [-0.2, 0) is 0 Å². The van der Waals surface area contributed by atoms with Crippen LogP contribution in [0.2, 0.25) is 0 Å². The lowest BCUT2D eigenvalue weighted by Gasteiger charge is -1.69. The van der Waals surface area contributed by atoms with E-state index in [2.05, 4.69) is 10.2 Å². The van der Waals surface area contributed by atoms with Gasteiger partial charge in [-0.2, -0.15) is 5.10 Å². The van der Waals surface area contributed by atoms with Gasteiger partial charge in [0.05, 0.1) is 6.20 Å². The predicted octanol–water partition coefficient (Wildman–Crippen LogP) is -0.803. The van der Waals surface area contributed by atoms with Gasteiger partial charge in [0.15, 0.2) is 5.43 Å². The van der Waals surface area contributed by atoms with Crippen LogP contribution in [0.3, 0.4) is 0 Å². The third kappa shape index (κ3) is 1.74. The second kappa shape index (κ2) is 2.82. The van der Waals surface area contributed by atoms with E-state index in [0.717, 1.165) is 12.1 Å². The molecule has 1 aromatic rings. The minimum atomic E-state index is -0.516. The van der Waals surface area contributed by atoms with Crippen LogP contribution in [-0.4, -0.2) is 10.2 Å². The number of nitrogens with zero attached hydrogens (tertiary/aromatic N) is 2. The normalized spacial score (nSPS) is 8.80. The van der Waals surface area contributed by atoms with Crippen molar-refractivity contribution in [2.24, 2.45) is 0 Å². The minimum absolute atomic E-state index is 0.257. The molecule has 0 saturated carbocycles. The first-order valence-corrected chi connectivity index (χ1v) is 2.62. The molecule has 0 bridgehead atoms. The van der Waals surface area contributed by atoms with E-state index in [-0.39, 0.29) is 5.43 Å². The van der Waals surface area contributed by atoms with E-state index in [4.69, 9.17) is 0 Å². The standard InChI is InChI=1S/C6H4N2O2/c9-5-1-2-6(10)8-7-4-3-5/h1-4H. The fraction of sp³-hybridized carbons (Fsp3) is 0. The van der Waals surface area contributed by atoms with Crippen LogP contribution < -0.4 is 11.0 Å². The molecule has 1 rings (SSSR count). The first-order chi connectivity index (χ1) is 4.79. The Balaban J connectivity index is 3.44. The lowest BCUT2D eigenvalue weighted by molar-refractivity contribution is 1.00. The average molecular weight is 136 g/mol. The molecule has 1 aromatic heterocycles. The molecule has 50 valence electrons. The number of rotatable bonds is 0. The summed E-state index contributed by atoms with van der Waals surface area (Å²) in [4.78, 5) is 21.0. The Hall–Kier alpha value is -1.58. The van der Waals surface area contributed by atoms with Crippen LogP contribution in [0.1, 0.15) is 0 Å². The Morgan fingerprint density at radius 2 is 1.90 bits per heavy atom. The summed E-state index contributed by atoms with van der Waals surface area (Å²) < 4.78 is 0. The third-order valence-corrected chi connectivity index (χ3v) is 0.852. The first kappa shape index (κ1) is 6.54. The Morgan fingerprint density at radius 3 is 2.70 bits per heavy atom. The second-order valence-corrected chi connectivity index (χ2v) is 1.61. The fourth-order valence-corrected chi connectivity index (χ4v) is 0.439. The van der Waals surface area contributed by atoms with Crippen LogP contribution in [0.15, 0.2) is 34.0 Å². The molecule has 0 fully saturated rings. The molecule has 10 heavy (non-hydrogen) atoms. The van der Waals surface area contributed by atoms with E-state index in [1.165, 1.54) is 12.3 Å². The molecule has 0 aliphatic carbocycles. The van der Waals surface area contributed by atoms with Crippen LogP contribution in [0.4, 0.5) is 0 Å². The zero-order chi connectivity index (χ0) is 7.40. The van der Waals surface area contributed by atoms with E-state index in [1.54, 1.807) is 0 Å². The summed E-state index contributed by atoms with van der Waals surface area (Å²) in [6.45, 7) is 0. The van der Waals surface area contributed by atoms with Gasteiger partial charge < -0.3 is 0 Å². The van der Waals surface area contributed by atoms with Gasteiger partial charge in [-0.05, 0) is 6.07 Å². The summed E-state index contributed by atoms with van der Waals surface area (Å²) in [7, 11) is 0. The highest BCUT2D eigenvalue weighted by Crippen LogP contribution is 1.58. The Bertz CT molecular complexity index is 303. The fourth-order valence-electron chi connectivity index (χ4n) is 0.439. The van der Waals surface area contributed by atoms with Gasteiger partial charge in [-0.25, -0.2) is 0 Å². The molecule has 0 N–H and O–H groups in total. The van der Waals surface area contributed by atoms with E-state index >= 15 is 0 Å². The van der Waals surface area contributed by atoms with Gasteiger partial charge in [-0.15, -0.1) is 5.10 Å². The highest BCUT2D eigenvalue weighted by atomic mass is 16.1. The topological polar surface area (TPSA) is 59.9 Å². The molecule has 1 heterocycles. The molecule has 0 amide bonds. The molecule has 0 saturated heterocycles. The molecule has 0 aliphatic heterocycles. The van der Waals surface area contributed by atoms with Crippen molar-refractivity contribution >= 4 is 0 Å². The molecule has 0 aliphatic rings. The van der Waals surface area contributed by atoms with E-state index < -0.39 is 5.56 Å². The van der Waals surface area contributed by atoms with Crippen LogP contribution in [0, 0.1) is 0 Å². The van der Waals surface area contributed by atoms with Gasteiger partial charge in [0, 0.05) is 12.1 Å². The molecule has 4 nitrogen and oxygen atoms in total. The summed E-state index contributed by atoms with van der Waals surface area (Å²) in [5, 5.41) is 6.46. The van der Waals surface area contributed by atoms with Crippen molar-refractivity contribution in [2.75, 3.05) is 0 Å². The smallest absolute Gasteiger partial charge is 0.288 e. The molecule has 0 aromatic carbocycles. The third-order valence-electron chi connectivity index (χ3n) is 0.852. The van der Waals surface area contributed by atoms with E-state index in [1.807, 2.05) is 0 Å². The van der Waals surface area contributed by atoms with Gasteiger partial charge in [0.2, 0.25) is 0 Å². The molecular weight excluding hydrogens is 132 g/mol. The zero-order valence-corrected chi connectivity index (χ0v) is 5.02. The van der Waals surface area contributed by atoms with Crippen molar-refractivity contribution in [3.63, 3.8) is 0 Å². The van der Waals surface area contributed by atoms with Crippen molar-refractivity contribution in [2.45, 2.75) is 0 Å². The Morgan fingerprint density at radius 1 is 1.10 bits per heavy atom. The van der Waals surface area contributed by atoms with Crippen molar-refractivity contribution in [3.05, 3.63) is 45.0 Å². The maximum atomic E-state index is 10.6. The lowest BCUT2D eigenvalue weighted by Crippen LogP contribution is -2.05. The highest BCUT2D eigenvalue weighted by Gasteiger charge is 1.77. The minimum Gasteiger partial charge on any atom is -0.290 e. The maximum absolute atomic E-state index is 10.6. The average Bonchev–Trinajstić information content (AvgIpc) is 1.90. The molecule has 0 unspecified atom stereocenters. The van der Waals surface area contributed by atoms with Crippen molar-refractivity contribution in [1.82, 2.24) is 10.2 Å². The largest absolute Gasteiger partial charge is 0.290 e. The summed E-state index contributed by atoms with van der Waals surface area (Å²) in [5.41, 5.74) is -0.773. The van der Waals surface area contributed by atoms with Gasteiger partial charge in [0.1, 0.15) is 0 Å². The summed E-state index contributed by atoms with van der Waals surface area (Å²) >= 11 is 0. The lowest BCUT2D eigenvalue weighted by atomic mass is 10.5. The maximum Gasteiger partial charge on any atom is 0.288 e. The van der Waals surface area contributed by atoms with Crippen molar-refractivity contribution < 1.29 is 0 Å². The van der Waals surface area contributed by atoms with Crippen LogP contribution >= 0.6 is 0 Å². The van der Waals surface area contributed by atoms with Crippen molar-refractivity contribution in [1.29, 1.82) is 0 Å². The first-order valence-electron chi connectivity index (χ1n) is 2.62. The van der Waals surface area contributed by atoms with E-state index in [0.29, 0.717) is 0 Å². The van der Waals surface area contributed by atoms with Crippen molar-refractivity contribution in [3.8, 4) is 0 Å². The second-order valence-electron chi connectivity index (χ2n) is 1.61. The monoisotopic (exact) mass is 136 g/mol. The summed E-state index contributed by atoms with van der Waals surface area (Å²) in [6.07, 6.45) is 1.18. The Kier molecular flexibility index (Phi) is 1.84. The predicted molar refractivity (Wildman–Crippen MR) is 34.6 cm³/mol. The molecule has 4 heteroatoms. The SMILES string of the molecule is O=c1ccnnc(=O)cc1. The highest BCUT2D eigenvalue weighted by molar-refractivity contribution is 4.90. The Labute approximate surface area is 56.2 Å². The molecule has 0 spiro atoms. The summed E-state index contributed by atoms with van der Waals surface area (Å²) in [6, 6.07) is 3.46. The van der Waals surface area contributed by atoms with E-state index in [9.17, 15) is 9.59 Å². The number of hydrogen-bond acceptors (Lipinski definition) is 4.